The van der Waals surface area contributed by atoms with Gasteiger partial charge in [0.2, 0.25) is 0 Å². The number of pyridine rings is 2. The van der Waals surface area contributed by atoms with Crippen molar-refractivity contribution in [2.75, 3.05) is 18.8 Å². The second kappa shape index (κ2) is 15.6. The van der Waals surface area contributed by atoms with Crippen molar-refractivity contribution in [1.29, 1.82) is 0 Å². The number of ether oxygens (including phenoxy) is 1. The molecule has 2 saturated heterocycles. The molecule has 20 heteroatoms. The van der Waals surface area contributed by atoms with Crippen molar-refractivity contribution in [2.45, 2.75) is 42.3 Å². The molecule has 2 aromatic rings. The lowest BCUT2D eigenvalue weighted by molar-refractivity contribution is -0.193. The van der Waals surface area contributed by atoms with Crippen molar-refractivity contribution in [3.63, 3.8) is 0 Å². The maximum Gasteiger partial charge on any atom is 0.490 e. The van der Waals surface area contributed by atoms with E-state index in [4.69, 9.17) is 34.4 Å². The first-order chi connectivity index (χ1) is 19.6. The van der Waals surface area contributed by atoms with E-state index in [1.165, 1.54) is 5.56 Å². The molecule has 3 N–H and O–H groups in total. The molecule has 1 unspecified atom stereocenters. The maximum atomic E-state index is 10.6. The predicted octanol–water partition coefficient (Wildman–Crippen LogP) is 4.52. The van der Waals surface area contributed by atoms with Crippen LogP contribution in [-0.2, 0) is 20.9 Å². The standard InChI is InChI=1S/C17H19N3OS.3C2HF3O2/c1-3-14(8-18-5-1)10-20-12-17(13-20)7-16(11-22-17)21-15-4-2-6-19-9-15;3*3-2(4,5)1(6)7/h1-6,8-9,16H,7,10-13H2;3*(H,6,7). The van der Waals surface area contributed by atoms with Crippen LogP contribution < -0.4 is 4.74 Å². The molecule has 0 aliphatic carbocycles. The molecule has 240 valence electrons. The molecule has 0 saturated carbocycles. The Bertz CT molecular complexity index is 1120. The summed E-state index contributed by atoms with van der Waals surface area (Å²) in [6.07, 6.45) is -6.44. The molecule has 2 aliphatic rings. The fourth-order valence-corrected chi connectivity index (χ4v) is 4.92. The number of carbonyl (C=O) groups is 3. The van der Waals surface area contributed by atoms with Crippen LogP contribution in [0.25, 0.3) is 0 Å². The first-order valence-corrected chi connectivity index (χ1v) is 12.4. The first-order valence-electron chi connectivity index (χ1n) is 11.4. The number of carboxylic acids is 3. The summed E-state index contributed by atoms with van der Waals surface area (Å²) in [7, 11) is 0. The van der Waals surface area contributed by atoms with E-state index < -0.39 is 36.4 Å². The normalized spacial score (nSPS) is 17.5. The summed E-state index contributed by atoms with van der Waals surface area (Å²) >= 11 is 2.07. The molecule has 10 nitrogen and oxygen atoms in total. The highest BCUT2D eigenvalue weighted by molar-refractivity contribution is 8.01. The zero-order chi connectivity index (χ0) is 33.1. The molecule has 2 aliphatic heterocycles. The molecule has 0 aromatic carbocycles. The Morgan fingerprint density at radius 3 is 1.65 bits per heavy atom. The van der Waals surface area contributed by atoms with Gasteiger partial charge >= 0.3 is 36.4 Å². The van der Waals surface area contributed by atoms with E-state index in [1.807, 2.05) is 30.6 Å². The van der Waals surface area contributed by atoms with Gasteiger partial charge in [0, 0.05) is 55.1 Å². The number of aliphatic carboxylic acids is 3. The van der Waals surface area contributed by atoms with Crippen molar-refractivity contribution >= 4 is 29.7 Å². The Balaban J connectivity index is 0.000000363. The first kappa shape index (κ1) is 37.2. The zero-order valence-corrected chi connectivity index (χ0v) is 22.2. The van der Waals surface area contributed by atoms with Gasteiger partial charge in [-0.15, -0.1) is 11.8 Å². The molecule has 2 aromatic heterocycles. The number of thioether (sulfide) groups is 1. The summed E-state index contributed by atoms with van der Waals surface area (Å²) in [5, 5.41) is 21.4. The number of carboxylic acid groups (broad SMARTS) is 3. The topological polar surface area (TPSA) is 150 Å². The van der Waals surface area contributed by atoms with Gasteiger partial charge in [0.25, 0.3) is 0 Å². The number of hydrogen-bond acceptors (Lipinski definition) is 8. The number of hydrogen-bond donors (Lipinski definition) is 3. The van der Waals surface area contributed by atoms with Gasteiger partial charge in [-0.05, 0) is 23.8 Å². The van der Waals surface area contributed by atoms with Gasteiger partial charge in [0.1, 0.15) is 11.9 Å². The van der Waals surface area contributed by atoms with E-state index in [0.29, 0.717) is 10.9 Å². The highest BCUT2D eigenvalue weighted by Crippen LogP contribution is 2.46. The minimum Gasteiger partial charge on any atom is -0.488 e. The van der Waals surface area contributed by atoms with E-state index in [9.17, 15) is 39.5 Å². The largest absolute Gasteiger partial charge is 0.490 e. The van der Waals surface area contributed by atoms with Crippen molar-refractivity contribution in [1.82, 2.24) is 14.9 Å². The number of rotatable bonds is 4. The Morgan fingerprint density at radius 2 is 1.28 bits per heavy atom. The van der Waals surface area contributed by atoms with Gasteiger partial charge in [-0.1, -0.05) is 6.07 Å². The number of halogens is 9. The molecule has 0 radical (unpaired) electrons. The lowest BCUT2D eigenvalue weighted by atomic mass is 9.92. The lowest BCUT2D eigenvalue weighted by Crippen LogP contribution is -2.58. The second-order valence-corrected chi connectivity index (χ2v) is 10.0. The average molecular weight is 655 g/mol. The van der Waals surface area contributed by atoms with Crippen LogP contribution in [-0.4, -0.2) is 96.3 Å². The summed E-state index contributed by atoms with van der Waals surface area (Å²) in [6, 6.07) is 8.06. The molecule has 0 amide bonds. The molecule has 1 atom stereocenters. The van der Waals surface area contributed by atoms with Crippen LogP contribution in [0, 0.1) is 0 Å². The monoisotopic (exact) mass is 655 g/mol. The van der Waals surface area contributed by atoms with E-state index in [2.05, 4.69) is 32.7 Å². The van der Waals surface area contributed by atoms with Crippen LogP contribution >= 0.6 is 11.8 Å². The second-order valence-electron chi connectivity index (χ2n) is 8.54. The van der Waals surface area contributed by atoms with Gasteiger partial charge in [0.15, 0.2) is 0 Å². The third-order valence-corrected chi connectivity index (χ3v) is 6.57. The minimum absolute atomic E-state index is 0.315. The zero-order valence-electron chi connectivity index (χ0n) is 21.4. The minimum atomic E-state index is -5.08. The molecule has 43 heavy (non-hydrogen) atoms. The van der Waals surface area contributed by atoms with Gasteiger partial charge in [0.05, 0.1) is 6.20 Å². The fourth-order valence-electron chi connectivity index (χ4n) is 3.34. The summed E-state index contributed by atoms with van der Waals surface area (Å²) in [5.74, 6) is -6.31. The number of nitrogens with zero attached hydrogens (tertiary/aromatic N) is 3. The lowest BCUT2D eigenvalue weighted by Gasteiger charge is -2.47. The van der Waals surface area contributed by atoms with Crippen molar-refractivity contribution in [3.8, 4) is 5.75 Å². The molecule has 4 rings (SSSR count). The third kappa shape index (κ3) is 14.3. The van der Waals surface area contributed by atoms with Crippen LogP contribution in [0.1, 0.15) is 12.0 Å². The average Bonchev–Trinajstić information content (AvgIpc) is 3.28. The number of aromatic nitrogens is 2. The Morgan fingerprint density at radius 1 is 0.837 bits per heavy atom. The third-order valence-electron chi connectivity index (χ3n) is 4.99. The van der Waals surface area contributed by atoms with E-state index in [-0.39, 0.29) is 0 Å². The van der Waals surface area contributed by atoms with Crippen molar-refractivity contribution < 1.29 is 74.0 Å². The van der Waals surface area contributed by atoms with Gasteiger partial charge in [-0.2, -0.15) is 39.5 Å². The smallest absolute Gasteiger partial charge is 0.488 e. The van der Waals surface area contributed by atoms with Crippen LogP contribution in [0.3, 0.4) is 0 Å². The highest BCUT2D eigenvalue weighted by atomic mass is 32.2. The summed E-state index contributed by atoms with van der Waals surface area (Å²) in [4.78, 5) is 37.5. The fraction of sp³-hybridized carbons (Fsp3) is 0.435. The van der Waals surface area contributed by atoms with Crippen LogP contribution in [0.4, 0.5) is 39.5 Å². The van der Waals surface area contributed by atoms with Crippen molar-refractivity contribution in [3.05, 3.63) is 54.6 Å². The Hall–Kier alpha value is -3.81. The predicted molar refractivity (Wildman–Crippen MR) is 129 cm³/mol. The van der Waals surface area contributed by atoms with Crippen LogP contribution in [0.15, 0.2) is 49.1 Å². The van der Waals surface area contributed by atoms with E-state index in [0.717, 1.165) is 37.6 Å². The van der Waals surface area contributed by atoms with Gasteiger partial charge in [-0.3, -0.25) is 14.9 Å². The summed E-state index contributed by atoms with van der Waals surface area (Å²) < 4.78 is 102. The molecule has 1 spiro atoms. The quantitative estimate of drug-likeness (QED) is 0.399. The van der Waals surface area contributed by atoms with Crippen LogP contribution in [0.2, 0.25) is 0 Å². The van der Waals surface area contributed by atoms with Gasteiger partial charge in [-0.25, -0.2) is 14.4 Å². The van der Waals surface area contributed by atoms with E-state index in [1.54, 1.807) is 12.4 Å². The van der Waals surface area contributed by atoms with E-state index >= 15 is 0 Å². The van der Waals surface area contributed by atoms with Crippen LogP contribution in [0.5, 0.6) is 5.75 Å². The summed E-state index contributed by atoms with van der Waals surface area (Å²) in [5.41, 5.74) is 1.29. The Labute approximate surface area is 240 Å². The van der Waals surface area contributed by atoms with Gasteiger partial charge < -0.3 is 20.1 Å². The molecule has 4 heterocycles. The Kier molecular flexibility index (Phi) is 13.5. The molecular weight excluding hydrogens is 633 g/mol. The summed E-state index contributed by atoms with van der Waals surface area (Å²) in [6.45, 7) is 3.31. The number of alkyl halides is 9. The number of likely N-dealkylation sites (tertiary alicyclic amines) is 1. The highest BCUT2D eigenvalue weighted by Gasteiger charge is 2.49. The van der Waals surface area contributed by atoms with Crippen molar-refractivity contribution in [2.24, 2.45) is 0 Å². The molecular formula is C23H22F9N3O7S. The SMILES string of the molecule is O=C(O)C(F)(F)F.O=C(O)C(F)(F)F.O=C(O)C(F)(F)F.c1cncc(CN2CC3(CC(Oc4cccnc4)CS3)C2)c1. The molecule has 2 fully saturated rings. The molecule has 0 bridgehead atoms. The maximum absolute atomic E-state index is 10.6.